The van der Waals surface area contributed by atoms with E-state index < -0.39 is 20.8 Å². The number of benzene rings is 2. The molecule has 32 heavy (non-hydrogen) atoms. The van der Waals surface area contributed by atoms with Crippen molar-refractivity contribution in [1.29, 1.82) is 0 Å². The first-order valence-corrected chi connectivity index (χ1v) is 12.9. The molecule has 2 rings (SSSR count). The predicted octanol–water partition coefficient (Wildman–Crippen LogP) is 3.66. The summed E-state index contributed by atoms with van der Waals surface area (Å²) in [4.78, 5) is -0.652. The second-order valence-electron chi connectivity index (χ2n) is 8.08. The first kappa shape index (κ1) is 29.0. The maximum atomic E-state index is 12.2. The quantitative estimate of drug-likeness (QED) is 0.244. The molecule has 0 unspecified atom stereocenters. The second kappa shape index (κ2) is 15.7. The molecule has 0 aliphatic rings. The van der Waals surface area contributed by atoms with Crippen LogP contribution in [0.25, 0.3) is 0 Å². The van der Waals surface area contributed by atoms with E-state index in [1.165, 1.54) is 57.4 Å². The van der Waals surface area contributed by atoms with E-state index in [0.29, 0.717) is 23.5 Å². The van der Waals surface area contributed by atoms with Gasteiger partial charge in [0.1, 0.15) is 11.5 Å². The monoisotopic (exact) mass is 470 g/mol. The molecule has 172 valence electrons. The Morgan fingerprint density at radius 3 is 1.91 bits per heavy atom. The summed E-state index contributed by atoms with van der Waals surface area (Å²) in [5.41, 5.74) is 0.664. The second-order valence-corrected chi connectivity index (χ2v) is 9.47. The van der Waals surface area contributed by atoms with Crippen molar-refractivity contribution < 1.29 is 52.4 Å². The van der Waals surface area contributed by atoms with Crippen molar-refractivity contribution in [2.45, 2.75) is 88.9 Å². The van der Waals surface area contributed by atoms with Gasteiger partial charge in [0.2, 0.25) is 0 Å². The number of aryl methyl sites for hydroxylation is 1. The van der Waals surface area contributed by atoms with Gasteiger partial charge in [0.15, 0.2) is 0 Å². The van der Waals surface area contributed by atoms with Crippen LogP contribution in [0.15, 0.2) is 47.4 Å². The molecule has 0 bridgehead atoms. The summed E-state index contributed by atoms with van der Waals surface area (Å²) in [7, 11) is -4.60. The number of hydrogen-bond donors (Lipinski definition) is 1. The van der Waals surface area contributed by atoms with Crippen LogP contribution in [0, 0.1) is 0 Å². The molecule has 0 atom stereocenters. The van der Waals surface area contributed by atoms with E-state index in [1.54, 1.807) is 12.1 Å². The molecule has 0 heterocycles. The van der Waals surface area contributed by atoms with Crippen LogP contribution in [0.2, 0.25) is 0 Å². The van der Waals surface area contributed by atoms with Crippen molar-refractivity contribution in [3.05, 3.63) is 48.0 Å². The van der Waals surface area contributed by atoms with Crippen molar-refractivity contribution in [1.82, 2.24) is 0 Å². The molecule has 0 aliphatic carbocycles. The normalized spacial score (nSPS) is 11.2. The third kappa shape index (κ3) is 10.7. The summed E-state index contributed by atoms with van der Waals surface area (Å²) in [6.07, 6.45) is 14.1. The van der Waals surface area contributed by atoms with E-state index in [0.717, 1.165) is 25.3 Å². The van der Waals surface area contributed by atoms with Crippen LogP contribution in [0.4, 0.5) is 0 Å². The molecule has 0 amide bonds. The van der Waals surface area contributed by atoms with E-state index in [9.17, 15) is 18.1 Å². The van der Waals surface area contributed by atoms with Crippen molar-refractivity contribution in [3.8, 4) is 17.2 Å². The summed E-state index contributed by atoms with van der Waals surface area (Å²) in [5, 5.41) is 12.2. The summed E-state index contributed by atoms with van der Waals surface area (Å²) >= 11 is 0. The first-order chi connectivity index (χ1) is 14.9. The average molecular weight is 471 g/mol. The molecule has 0 saturated carbocycles. The van der Waals surface area contributed by atoms with Crippen LogP contribution >= 0.6 is 0 Å². The summed E-state index contributed by atoms with van der Waals surface area (Å²) in [6.45, 7) is 2.23. The standard InChI is InChI=1S/C25H36O5S.Na/c1-2-3-4-5-6-7-8-9-10-11-13-16-21-19-23(26)25(31(27,28)29)20-24(21)30-22-17-14-12-15-18-22;/h12,14-15,17-20,26H,2-11,13,16H2,1H3,(H,27,28,29);/q;+1/p-1. The van der Waals surface area contributed by atoms with Crippen LogP contribution in [-0.2, 0) is 16.5 Å². The van der Waals surface area contributed by atoms with Gasteiger partial charge < -0.3 is 9.84 Å². The maximum Gasteiger partial charge on any atom is 1.00 e. The van der Waals surface area contributed by atoms with Gasteiger partial charge in [0.25, 0.3) is 10.1 Å². The molecule has 2 aromatic rings. The Bertz CT molecular complexity index is 885. The van der Waals surface area contributed by atoms with Crippen LogP contribution in [0.1, 0.15) is 83.1 Å². The van der Waals surface area contributed by atoms with Crippen LogP contribution in [0.3, 0.4) is 0 Å². The number of hydrogen-bond acceptors (Lipinski definition) is 4. The Hall–Kier alpha value is -1.05. The molecule has 0 spiro atoms. The average Bonchev–Trinajstić information content (AvgIpc) is 2.73. The Morgan fingerprint density at radius 2 is 1.38 bits per heavy atom. The van der Waals surface area contributed by atoms with Crippen molar-refractivity contribution in [2.24, 2.45) is 0 Å². The van der Waals surface area contributed by atoms with E-state index in [1.807, 2.05) is 18.2 Å². The van der Waals surface area contributed by atoms with Gasteiger partial charge in [-0.2, -0.15) is 8.42 Å². The van der Waals surface area contributed by atoms with Crippen LogP contribution in [0.5, 0.6) is 17.2 Å². The smallest absolute Gasteiger partial charge is 0.872 e. The minimum absolute atomic E-state index is 0. The minimum atomic E-state index is -4.60. The minimum Gasteiger partial charge on any atom is -0.872 e. The topological polar surface area (TPSA) is 86.7 Å². The van der Waals surface area contributed by atoms with Gasteiger partial charge in [0.05, 0.1) is 4.90 Å². The summed E-state index contributed by atoms with van der Waals surface area (Å²) in [6, 6.07) is 11.4. The zero-order valence-electron chi connectivity index (χ0n) is 19.5. The van der Waals surface area contributed by atoms with Gasteiger partial charge in [-0.05, 0) is 30.5 Å². The largest absolute Gasteiger partial charge is 1.00 e. The zero-order valence-corrected chi connectivity index (χ0v) is 22.3. The number of rotatable bonds is 15. The van der Waals surface area contributed by atoms with Gasteiger partial charge >= 0.3 is 29.6 Å². The van der Waals surface area contributed by atoms with Gasteiger partial charge in [-0.3, -0.25) is 4.55 Å². The van der Waals surface area contributed by atoms with Crippen molar-refractivity contribution in [3.63, 3.8) is 0 Å². The predicted molar refractivity (Wildman–Crippen MR) is 122 cm³/mol. The summed E-state index contributed by atoms with van der Waals surface area (Å²) < 4.78 is 38.2. The zero-order chi connectivity index (χ0) is 22.5. The number of unbranched alkanes of at least 4 members (excludes halogenated alkanes) is 10. The maximum absolute atomic E-state index is 12.2. The van der Waals surface area contributed by atoms with E-state index in [2.05, 4.69) is 6.92 Å². The fourth-order valence-electron chi connectivity index (χ4n) is 3.67. The molecule has 7 heteroatoms. The van der Waals surface area contributed by atoms with Crippen molar-refractivity contribution in [2.75, 3.05) is 0 Å². The number of ether oxygens (including phenoxy) is 1. The molecule has 1 N–H and O–H groups in total. The third-order valence-corrected chi connectivity index (χ3v) is 6.30. The van der Waals surface area contributed by atoms with Crippen molar-refractivity contribution >= 4 is 10.1 Å². The first-order valence-electron chi connectivity index (χ1n) is 11.5. The third-order valence-electron chi connectivity index (χ3n) is 5.43. The van der Waals surface area contributed by atoms with Crippen LogP contribution < -0.4 is 39.4 Å². The molecule has 0 saturated heterocycles. The van der Waals surface area contributed by atoms with E-state index >= 15 is 0 Å². The SMILES string of the molecule is CCCCCCCCCCCCCc1cc([O-])c(S(=O)(=O)O)cc1Oc1ccccc1.[Na+]. The van der Waals surface area contributed by atoms with E-state index in [-0.39, 0.29) is 29.6 Å². The van der Waals surface area contributed by atoms with Gasteiger partial charge in [-0.15, -0.1) is 0 Å². The Morgan fingerprint density at radius 1 is 0.844 bits per heavy atom. The van der Waals surface area contributed by atoms with Gasteiger partial charge in [-0.25, -0.2) is 0 Å². The molecule has 0 aliphatic heterocycles. The molecule has 0 fully saturated rings. The van der Waals surface area contributed by atoms with Gasteiger partial charge in [0, 0.05) is 6.07 Å². The molecular weight excluding hydrogens is 435 g/mol. The Kier molecular flexibility index (Phi) is 14.2. The molecular formula is C25H35NaO5S. The molecule has 0 radical (unpaired) electrons. The molecule has 5 nitrogen and oxygen atoms in total. The Balaban J connectivity index is 0.00000512. The number of para-hydroxylation sites is 1. The Labute approximate surface area is 215 Å². The fraction of sp³-hybridized carbons (Fsp3) is 0.520. The summed E-state index contributed by atoms with van der Waals surface area (Å²) in [5.74, 6) is 0.133. The van der Waals surface area contributed by atoms with Crippen LogP contribution in [-0.4, -0.2) is 13.0 Å². The van der Waals surface area contributed by atoms with E-state index in [4.69, 9.17) is 4.74 Å². The molecule has 0 aromatic heterocycles. The van der Waals surface area contributed by atoms with Gasteiger partial charge in [-0.1, -0.05) is 101 Å². The fourth-order valence-corrected chi connectivity index (χ4v) is 4.24. The molecule has 2 aromatic carbocycles.